The zero-order valence-corrected chi connectivity index (χ0v) is 11.9. The van der Waals surface area contributed by atoms with Gasteiger partial charge in [-0.2, -0.15) is 0 Å². The molecule has 19 heavy (non-hydrogen) atoms. The molecular formula is C15H23N3O. The fourth-order valence-electron chi connectivity index (χ4n) is 2.52. The molecule has 0 unspecified atom stereocenters. The first-order valence-electron chi connectivity index (χ1n) is 7.08. The monoisotopic (exact) mass is 261 g/mol. The smallest absolute Gasteiger partial charge is 0.252 e. The van der Waals surface area contributed by atoms with Crippen LogP contribution in [-0.4, -0.2) is 42.0 Å². The van der Waals surface area contributed by atoms with Gasteiger partial charge in [-0.05, 0) is 44.4 Å². The molecular weight excluding hydrogens is 238 g/mol. The zero-order valence-electron chi connectivity index (χ0n) is 11.9. The molecule has 0 saturated carbocycles. The lowest BCUT2D eigenvalue weighted by atomic mass is 10.0. The molecule has 0 bridgehead atoms. The molecule has 4 heteroatoms. The highest BCUT2D eigenvalue weighted by Crippen LogP contribution is 2.14. The highest BCUT2D eigenvalue weighted by atomic mass is 16.1. The zero-order chi connectivity index (χ0) is 13.7. The van der Waals surface area contributed by atoms with E-state index in [0.717, 1.165) is 31.2 Å². The summed E-state index contributed by atoms with van der Waals surface area (Å²) in [6.45, 7) is 8.17. The molecule has 0 aromatic carbocycles. The van der Waals surface area contributed by atoms with Crippen LogP contribution in [0.2, 0.25) is 0 Å². The molecule has 4 nitrogen and oxygen atoms in total. The van der Waals surface area contributed by atoms with Gasteiger partial charge >= 0.3 is 0 Å². The molecule has 1 aliphatic heterocycles. The summed E-state index contributed by atoms with van der Waals surface area (Å²) in [5, 5.41) is 2.96. The van der Waals surface area contributed by atoms with Gasteiger partial charge in [-0.15, -0.1) is 0 Å². The number of nitrogens with zero attached hydrogens (tertiary/aromatic N) is 2. The van der Waals surface area contributed by atoms with E-state index in [1.165, 1.54) is 12.8 Å². The van der Waals surface area contributed by atoms with Gasteiger partial charge in [0.2, 0.25) is 0 Å². The van der Waals surface area contributed by atoms with Crippen LogP contribution in [0, 0.1) is 12.8 Å². The van der Waals surface area contributed by atoms with E-state index in [0.29, 0.717) is 12.1 Å². The third-order valence-corrected chi connectivity index (χ3v) is 3.63. The molecule has 0 spiro atoms. The number of carbonyl (C=O) groups is 1. The van der Waals surface area contributed by atoms with Gasteiger partial charge in [0, 0.05) is 31.5 Å². The Bertz CT molecular complexity index is 416. The summed E-state index contributed by atoms with van der Waals surface area (Å²) in [5.74, 6) is 0.753. The highest BCUT2D eigenvalue weighted by Gasteiger charge is 2.15. The number of pyridine rings is 1. The first-order valence-corrected chi connectivity index (χ1v) is 7.08. The first-order chi connectivity index (χ1) is 9.15. The van der Waals surface area contributed by atoms with E-state index in [-0.39, 0.29) is 5.91 Å². The maximum atomic E-state index is 11.9. The Kier molecular flexibility index (Phi) is 4.91. The van der Waals surface area contributed by atoms with Crippen LogP contribution >= 0.6 is 0 Å². The number of nitrogens with one attached hydrogen (secondary N) is 1. The number of piperidine rings is 1. The van der Waals surface area contributed by atoms with Gasteiger partial charge in [0.05, 0.1) is 5.56 Å². The Morgan fingerprint density at radius 1 is 1.53 bits per heavy atom. The summed E-state index contributed by atoms with van der Waals surface area (Å²) in [4.78, 5) is 18.5. The Labute approximate surface area is 115 Å². The summed E-state index contributed by atoms with van der Waals surface area (Å²) in [6.07, 6.45) is 4.24. The van der Waals surface area contributed by atoms with Crippen molar-refractivity contribution < 1.29 is 4.79 Å². The predicted octanol–water partition coefficient (Wildman–Crippen LogP) is 1.85. The van der Waals surface area contributed by atoms with Gasteiger partial charge in [0.15, 0.2) is 0 Å². The second-order valence-corrected chi connectivity index (χ2v) is 5.49. The summed E-state index contributed by atoms with van der Waals surface area (Å²) in [5.41, 5.74) is 1.57. The predicted molar refractivity (Wildman–Crippen MR) is 76.1 cm³/mol. The molecule has 1 N–H and O–H groups in total. The molecule has 1 amide bonds. The molecule has 104 valence electrons. The fraction of sp³-hybridized carbons (Fsp3) is 0.600. The number of aromatic nitrogens is 1. The van der Waals surface area contributed by atoms with Crippen molar-refractivity contribution in [1.29, 1.82) is 0 Å². The number of likely N-dealkylation sites (tertiary alicyclic amines) is 1. The van der Waals surface area contributed by atoms with Crippen molar-refractivity contribution in [3.05, 3.63) is 29.6 Å². The van der Waals surface area contributed by atoms with E-state index < -0.39 is 0 Å². The fourth-order valence-corrected chi connectivity index (χ4v) is 2.52. The molecule has 1 fully saturated rings. The van der Waals surface area contributed by atoms with Crippen LogP contribution in [0.1, 0.15) is 35.8 Å². The number of carbonyl (C=O) groups excluding carboxylic acids is 1. The van der Waals surface area contributed by atoms with Gasteiger partial charge in [0.1, 0.15) is 0 Å². The van der Waals surface area contributed by atoms with Crippen LogP contribution < -0.4 is 5.32 Å². The van der Waals surface area contributed by atoms with Gasteiger partial charge < -0.3 is 10.2 Å². The largest absolute Gasteiger partial charge is 0.351 e. The van der Waals surface area contributed by atoms with Crippen molar-refractivity contribution in [3.63, 3.8) is 0 Å². The summed E-state index contributed by atoms with van der Waals surface area (Å²) in [7, 11) is 0. The number of rotatable bonds is 4. The lowest BCUT2D eigenvalue weighted by Gasteiger charge is -2.30. The standard InChI is InChI=1S/C15H23N3O/c1-12-4-3-8-18(11-12)9-7-16-15(19)14-6-5-13(2)17-10-14/h5-6,10,12H,3-4,7-9,11H2,1-2H3,(H,16,19)/t12-/m0/s1. The highest BCUT2D eigenvalue weighted by molar-refractivity contribution is 5.93. The van der Waals surface area contributed by atoms with Crippen molar-refractivity contribution in [1.82, 2.24) is 15.2 Å². The lowest BCUT2D eigenvalue weighted by molar-refractivity contribution is 0.0943. The topological polar surface area (TPSA) is 45.2 Å². The van der Waals surface area contributed by atoms with Gasteiger partial charge in [-0.25, -0.2) is 0 Å². The van der Waals surface area contributed by atoms with Gasteiger partial charge in [0.25, 0.3) is 5.91 Å². The molecule has 0 radical (unpaired) electrons. The molecule has 0 aliphatic carbocycles. The molecule has 1 aromatic heterocycles. The Morgan fingerprint density at radius 3 is 3.05 bits per heavy atom. The summed E-state index contributed by atoms with van der Waals surface area (Å²) >= 11 is 0. The Hall–Kier alpha value is -1.42. The van der Waals surface area contributed by atoms with Crippen molar-refractivity contribution in [2.45, 2.75) is 26.7 Å². The second-order valence-electron chi connectivity index (χ2n) is 5.49. The number of aryl methyl sites for hydroxylation is 1. The number of hydrogen-bond donors (Lipinski definition) is 1. The minimum Gasteiger partial charge on any atom is -0.351 e. The molecule has 1 aliphatic rings. The molecule has 1 atom stereocenters. The van der Waals surface area contributed by atoms with Crippen LogP contribution in [0.4, 0.5) is 0 Å². The van der Waals surface area contributed by atoms with E-state index in [1.807, 2.05) is 19.1 Å². The van der Waals surface area contributed by atoms with Gasteiger partial charge in [-0.1, -0.05) is 6.92 Å². The van der Waals surface area contributed by atoms with Crippen molar-refractivity contribution in [2.24, 2.45) is 5.92 Å². The van der Waals surface area contributed by atoms with Gasteiger partial charge in [-0.3, -0.25) is 9.78 Å². The SMILES string of the molecule is Cc1ccc(C(=O)NCCN2CCC[C@H](C)C2)cn1. The van der Waals surface area contributed by atoms with Crippen LogP contribution in [0.25, 0.3) is 0 Å². The van der Waals surface area contributed by atoms with Crippen LogP contribution in [-0.2, 0) is 0 Å². The first kappa shape index (κ1) is 14.0. The second kappa shape index (κ2) is 6.66. The molecule has 1 aromatic rings. The van der Waals surface area contributed by atoms with Crippen molar-refractivity contribution >= 4 is 5.91 Å². The maximum absolute atomic E-state index is 11.9. The third-order valence-electron chi connectivity index (χ3n) is 3.63. The summed E-state index contributed by atoms with van der Waals surface area (Å²) in [6, 6.07) is 3.68. The third kappa shape index (κ3) is 4.31. The molecule has 2 rings (SSSR count). The van der Waals surface area contributed by atoms with Crippen LogP contribution in [0.3, 0.4) is 0 Å². The van der Waals surface area contributed by atoms with E-state index >= 15 is 0 Å². The van der Waals surface area contributed by atoms with Crippen molar-refractivity contribution in [2.75, 3.05) is 26.2 Å². The van der Waals surface area contributed by atoms with Crippen LogP contribution in [0.15, 0.2) is 18.3 Å². The minimum absolute atomic E-state index is 0.0300. The minimum atomic E-state index is -0.0300. The molecule has 1 saturated heterocycles. The maximum Gasteiger partial charge on any atom is 0.252 e. The van der Waals surface area contributed by atoms with Crippen LogP contribution in [0.5, 0.6) is 0 Å². The lowest BCUT2D eigenvalue weighted by Crippen LogP contribution is -2.40. The van der Waals surface area contributed by atoms with Crippen molar-refractivity contribution in [3.8, 4) is 0 Å². The Balaban J connectivity index is 1.73. The normalized spacial score (nSPS) is 20.2. The average Bonchev–Trinajstić information content (AvgIpc) is 2.39. The molecule has 2 heterocycles. The van der Waals surface area contributed by atoms with E-state index in [2.05, 4.69) is 22.1 Å². The Morgan fingerprint density at radius 2 is 2.37 bits per heavy atom. The van der Waals surface area contributed by atoms with E-state index in [9.17, 15) is 4.79 Å². The van der Waals surface area contributed by atoms with E-state index in [1.54, 1.807) is 6.20 Å². The average molecular weight is 261 g/mol. The summed E-state index contributed by atoms with van der Waals surface area (Å²) < 4.78 is 0. The van der Waals surface area contributed by atoms with E-state index in [4.69, 9.17) is 0 Å². The quantitative estimate of drug-likeness (QED) is 0.899. The number of hydrogen-bond acceptors (Lipinski definition) is 3. The number of amides is 1.